The Kier molecular flexibility index (Phi) is 13.0. The van der Waals surface area contributed by atoms with Gasteiger partial charge in [-0.25, -0.2) is 0 Å². The van der Waals surface area contributed by atoms with E-state index in [2.05, 4.69) is 6.92 Å². The molecule has 0 heterocycles. The van der Waals surface area contributed by atoms with Gasteiger partial charge in [-0.2, -0.15) is 0 Å². The highest BCUT2D eigenvalue weighted by Crippen LogP contribution is 2.11. The Morgan fingerprint density at radius 2 is 1.32 bits per heavy atom. The molecular weight excluding hydrogens is 240 g/mol. The molecule has 0 saturated carbocycles. The average molecular weight is 270 g/mol. The van der Waals surface area contributed by atoms with Crippen molar-refractivity contribution in [2.45, 2.75) is 84.5 Å². The number of Topliss-reactive ketones (excluding diaryl/α,β-unsaturated/α-hetero) is 1. The van der Waals surface area contributed by atoms with Crippen molar-refractivity contribution < 1.29 is 14.3 Å². The topological polar surface area (TPSA) is 43.4 Å². The molecule has 0 N–H and O–H groups in total. The number of rotatable bonds is 13. The van der Waals surface area contributed by atoms with Crippen LogP contribution in [0.1, 0.15) is 84.5 Å². The second kappa shape index (κ2) is 13.6. The van der Waals surface area contributed by atoms with Gasteiger partial charge in [0.25, 0.3) is 0 Å². The maximum Gasteiger partial charge on any atom is 0.313 e. The molecule has 0 aliphatic rings. The first-order valence-electron chi connectivity index (χ1n) is 7.88. The summed E-state index contributed by atoms with van der Waals surface area (Å²) in [6, 6.07) is 0. The summed E-state index contributed by atoms with van der Waals surface area (Å²) in [7, 11) is 0. The lowest BCUT2D eigenvalue weighted by Gasteiger charge is -2.02. The molecule has 112 valence electrons. The average Bonchev–Trinajstić information content (AvgIpc) is 2.37. The molecule has 0 unspecified atom stereocenters. The van der Waals surface area contributed by atoms with E-state index < -0.39 is 0 Å². The van der Waals surface area contributed by atoms with Crippen molar-refractivity contribution in [3.05, 3.63) is 0 Å². The van der Waals surface area contributed by atoms with Gasteiger partial charge in [0.05, 0.1) is 6.61 Å². The number of unbranched alkanes of at least 4 members (excludes halogenated alkanes) is 8. The van der Waals surface area contributed by atoms with Crippen molar-refractivity contribution in [2.75, 3.05) is 6.61 Å². The smallest absolute Gasteiger partial charge is 0.313 e. The highest BCUT2D eigenvalue weighted by Gasteiger charge is 2.09. The van der Waals surface area contributed by atoms with Crippen LogP contribution in [0.3, 0.4) is 0 Å². The largest absolute Gasteiger partial charge is 0.466 e. The van der Waals surface area contributed by atoms with Gasteiger partial charge in [0.1, 0.15) is 12.2 Å². The first-order chi connectivity index (χ1) is 9.20. The summed E-state index contributed by atoms with van der Waals surface area (Å²) in [6.45, 7) is 4.33. The molecule has 3 heteroatoms. The third-order valence-electron chi connectivity index (χ3n) is 3.21. The van der Waals surface area contributed by atoms with Gasteiger partial charge in [-0.15, -0.1) is 0 Å². The van der Waals surface area contributed by atoms with Gasteiger partial charge in [-0.3, -0.25) is 9.59 Å². The maximum absolute atomic E-state index is 11.4. The van der Waals surface area contributed by atoms with Crippen LogP contribution in [0, 0.1) is 0 Å². The Hall–Kier alpha value is -0.860. The molecule has 0 aliphatic carbocycles. The number of esters is 1. The van der Waals surface area contributed by atoms with Gasteiger partial charge in [-0.05, 0) is 13.3 Å². The molecule has 0 amide bonds. The normalized spacial score (nSPS) is 10.4. The van der Waals surface area contributed by atoms with Crippen LogP contribution >= 0.6 is 0 Å². The van der Waals surface area contributed by atoms with Crippen LogP contribution in [0.4, 0.5) is 0 Å². The zero-order chi connectivity index (χ0) is 14.3. The maximum atomic E-state index is 11.4. The van der Waals surface area contributed by atoms with Crippen molar-refractivity contribution in [1.82, 2.24) is 0 Å². The summed E-state index contributed by atoms with van der Waals surface area (Å²) in [4.78, 5) is 22.5. The monoisotopic (exact) mass is 270 g/mol. The minimum atomic E-state index is -0.386. The molecule has 0 fully saturated rings. The zero-order valence-electron chi connectivity index (χ0n) is 12.7. The Balaban J connectivity index is 3.25. The molecule has 3 nitrogen and oxygen atoms in total. The van der Waals surface area contributed by atoms with E-state index in [9.17, 15) is 9.59 Å². The highest BCUT2D eigenvalue weighted by atomic mass is 16.5. The number of ketones is 1. The Morgan fingerprint density at radius 3 is 1.84 bits per heavy atom. The van der Waals surface area contributed by atoms with E-state index in [1.54, 1.807) is 6.92 Å². The first kappa shape index (κ1) is 18.1. The Bertz CT molecular complexity index is 236. The summed E-state index contributed by atoms with van der Waals surface area (Å²) in [6.07, 6.45) is 11.6. The van der Waals surface area contributed by atoms with Crippen LogP contribution < -0.4 is 0 Å². The van der Waals surface area contributed by atoms with Crippen molar-refractivity contribution in [3.63, 3.8) is 0 Å². The van der Waals surface area contributed by atoms with Crippen LogP contribution in [-0.2, 0) is 14.3 Å². The van der Waals surface area contributed by atoms with E-state index >= 15 is 0 Å². The molecule has 0 spiro atoms. The molecule has 0 aromatic rings. The lowest BCUT2D eigenvalue weighted by atomic mass is 10.0. The van der Waals surface area contributed by atoms with Gasteiger partial charge >= 0.3 is 5.97 Å². The van der Waals surface area contributed by atoms with E-state index in [1.807, 2.05) is 0 Å². The number of carbonyl (C=O) groups excluding carboxylic acids is 2. The van der Waals surface area contributed by atoms with E-state index in [0.717, 1.165) is 12.8 Å². The Labute approximate surface area is 118 Å². The quantitative estimate of drug-likeness (QED) is 0.282. The highest BCUT2D eigenvalue weighted by molar-refractivity contribution is 5.95. The van der Waals surface area contributed by atoms with Gasteiger partial charge in [0.15, 0.2) is 0 Å². The second-order valence-electron chi connectivity index (χ2n) is 5.10. The molecule has 0 aromatic heterocycles. The van der Waals surface area contributed by atoms with Crippen LogP contribution in [0.2, 0.25) is 0 Å². The minimum absolute atomic E-state index is 0.0152. The van der Waals surface area contributed by atoms with Crippen LogP contribution in [0.5, 0.6) is 0 Å². The molecule has 0 radical (unpaired) electrons. The molecule has 0 saturated heterocycles. The van der Waals surface area contributed by atoms with Crippen LogP contribution in [0.25, 0.3) is 0 Å². The fraction of sp³-hybridized carbons (Fsp3) is 0.875. The first-order valence-corrected chi connectivity index (χ1v) is 7.88. The lowest BCUT2D eigenvalue weighted by molar-refractivity contribution is -0.145. The van der Waals surface area contributed by atoms with Crippen molar-refractivity contribution >= 4 is 11.8 Å². The third-order valence-corrected chi connectivity index (χ3v) is 3.21. The number of ether oxygens (including phenoxy) is 1. The molecule has 0 bridgehead atoms. The summed E-state index contributed by atoms with van der Waals surface area (Å²) in [5.41, 5.74) is 0. The molecular formula is C16H30O3. The SMILES string of the molecule is CCCCCCCCCCCC(=O)CC(=O)OCC. The van der Waals surface area contributed by atoms with E-state index in [-0.39, 0.29) is 18.2 Å². The number of hydrogen-bond acceptors (Lipinski definition) is 3. The summed E-state index contributed by atoms with van der Waals surface area (Å²) in [5.74, 6) is -0.371. The summed E-state index contributed by atoms with van der Waals surface area (Å²) in [5, 5.41) is 0. The number of carbonyl (C=O) groups is 2. The molecule has 19 heavy (non-hydrogen) atoms. The van der Waals surface area contributed by atoms with Crippen LogP contribution in [-0.4, -0.2) is 18.4 Å². The molecule has 0 rings (SSSR count). The predicted molar refractivity (Wildman–Crippen MR) is 78.1 cm³/mol. The van der Waals surface area contributed by atoms with Crippen LogP contribution in [0.15, 0.2) is 0 Å². The third kappa shape index (κ3) is 13.4. The zero-order valence-corrected chi connectivity index (χ0v) is 12.7. The number of hydrogen-bond donors (Lipinski definition) is 0. The summed E-state index contributed by atoms with van der Waals surface area (Å²) < 4.78 is 4.74. The van der Waals surface area contributed by atoms with Crippen molar-refractivity contribution in [2.24, 2.45) is 0 Å². The van der Waals surface area contributed by atoms with Gasteiger partial charge in [-0.1, -0.05) is 58.3 Å². The summed E-state index contributed by atoms with van der Waals surface area (Å²) >= 11 is 0. The molecule has 0 aromatic carbocycles. The fourth-order valence-corrected chi connectivity index (χ4v) is 2.09. The standard InChI is InChI=1S/C16H30O3/c1-3-5-6-7-8-9-10-11-12-13-15(17)14-16(18)19-4-2/h3-14H2,1-2H3. The van der Waals surface area contributed by atoms with Gasteiger partial charge in [0.2, 0.25) is 0 Å². The van der Waals surface area contributed by atoms with Crippen molar-refractivity contribution in [3.8, 4) is 0 Å². The minimum Gasteiger partial charge on any atom is -0.466 e. The lowest BCUT2D eigenvalue weighted by Crippen LogP contribution is -2.10. The van der Waals surface area contributed by atoms with E-state index in [4.69, 9.17) is 4.74 Å². The van der Waals surface area contributed by atoms with E-state index in [1.165, 1.54) is 44.9 Å². The predicted octanol–water partition coefficient (Wildman–Crippen LogP) is 4.43. The fourth-order valence-electron chi connectivity index (χ4n) is 2.09. The molecule has 0 aliphatic heterocycles. The van der Waals surface area contributed by atoms with Gasteiger partial charge in [0, 0.05) is 6.42 Å². The molecule has 0 atom stereocenters. The van der Waals surface area contributed by atoms with E-state index in [0.29, 0.717) is 13.0 Å². The Morgan fingerprint density at radius 1 is 0.789 bits per heavy atom. The van der Waals surface area contributed by atoms with Gasteiger partial charge < -0.3 is 4.74 Å². The van der Waals surface area contributed by atoms with Crippen molar-refractivity contribution in [1.29, 1.82) is 0 Å². The second-order valence-corrected chi connectivity index (χ2v) is 5.10.